The average Bonchev–Trinajstić information content (AvgIpc) is 3.12. The monoisotopic (exact) mass is 366 g/mol. The van der Waals surface area contributed by atoms with Gasteiger partial charge in [0.25, 0.3) is 0 Å². The first kappa shape index (κ1) is 15.7. The number of hydrogen-bond acceptors (Lipinski definition) is 5. The number of carbonyl (C=O) groups is 1. The predicted octanol–water partition coefficient (Wildman–Crippen LogP) is 5.37. The minimum atomic E-state index is -0.0644. The Morgan fingerprint density at radius 1 is 0.920 bits per heavy atom. The van der Waals surface area contributed by atoms with Gasteiger partial charge < -0.3 is 4.74 Å². The highest BCUT2D eigenvalue weighted by molar-refractivity contribution is 7.16. The molecule has 6 heteroatoms. The minimum absolute atomic E-state index is 0.0644. The van der Waals surface area contributed by atoms with Gasteiger partial charge in [-0.3, -0.25) is 4.79 Å². The largest absolute Gasteiger partial charge is 0.438 e. The lowest BCUT2D eigenvalue weighted by Crippen LogP contribution is -2.00. The second-order valence-electron chi connectivity index (χ2n) is 5.28. The summed E-state index contributed by atoms with van der Waals surface area (Å²) in [7, 11) is 0. The van der Waals surface area contributed by atoms with Crippen LogP contribution in [0.5, 0.6) is 11.6 Å². The van der Waals surface area contributed by atoms with Crippen molar-refractivity contribution in [2.45, 2.75) is 0 Å². The molecule has 0 saturated carbocycles. The number of benzene rings is 2. The summed E-state index contributed by atoms with van der Waals surface area (Å²) in [6.07, 6.45) is 1.48. The molecule has 0 fully saturated rings. The molecular formula is C19H11ClN2O2S. The molecule has 0 atom stereocenters. The van der Waals surface area contributed by atoms with Crippen molar-refractivity contribution < 1.29 is 9.53 Å². The molecule has 0 unspecified atom stereocenters. The van der Waals surface area contributed by atoms with Crippen LogP contribution in [0.4, 0.5) is 0 Å². The van der Waals surface area contributed by atoms with Crippen LogP contribution in [0.15, 0.2) is 66.3 Å². The molecule has 0 aliphatic carbocycles. The summed E-state index contributed by atoms with van der Waals surface area (Å²) in [5.74, 6) is 1.05. The summed E-state index contributed by atoms with van der Waals surface area (Å²) in [6.45, 7) is 0. The standard InChI is InChI=1S/C19H11ClN2O2S/c20-14-5-1-12(2-6-14)17(23)13-3-7-15(8-4-13)24-18-16-9-10-25-19(16)22-11-21-18/h1-11H. The number of hydrogen-bond donors (Lipinski definition) is 0. The molecule has 0 N–H and O–H groups in total. The Morgan fingerprint density at radius 2 is 1.60 bits per heavy atom. The van der Waals surface area contributed by atoms with Gasteiger partial charge in [-0.1, -0.05) is 11.6 Å². The zero-order valence-electron chi connectivity index (χ0n) is 12.8. The van der Waals surface area contributed by atoms with E-state index in [1.54, 1.807) is 48.5 Å². The Labute approximate surface area is 152 Å². The third-order valence-corrected chi connectivity index (χ3v) is 4.74. The van der Waals surface area contributed by atoms with Gasteiger partial charge in [-0.25, -0.2) is 9.97 Å². The highest BCUT2D eigenvalue weighted by Crippen LogP contribution is 2.29. The molecule has 0 saturated heterocycles. The van der Waals surface area contributed by atoms with Crippen LogP contribution < -0.4 is 4.74 Å². The third-order valence-electron chi connectivity index (χ3n) is 3.66. The lowest BCUT2D eigenvalue weighted by molar-refractivity contribution is 0.103. The first-order valence-electron chi connectivity index (χ1n) is 7.47. The second kappa shape index (κ2) is 6.63. The summed E-state index contributed by atoms with van der Waals surface area (Å²) in [4.78, 5) is 21.7. The number of aromatic nitrogens is 2. The van der Waals surface area contributed by atoms with Crippen LogP contribution in [0, 0.1) is 0 Å². The van der Waals surface area contributed by atoms with Crippen molar-refractivity contribution in [1.29, 1.82) is 0 Å². The fourth-order valence-corrected chi connectivity index (χ4v) is 3.25. The molecular weight excluding hydrogens is 356 g/mol. The van der Waals surface area contributed by atoms with Gasteiger partial charge in [0.05, 0.1) is 5.39 Å². The number of rotatable bonds is 4. The molecule has 2 heterocycles. The van der Waals surface area contributed by atoms with Crippen molar-refractivity contribution in [3.8, 4) is 11.6 Å². The lowest BCUT2D eigenvalue weighted by Gasteiger charge is -2.06. The maximum absolute atomic E-state index is 12.5. The van der Waals surface area contributed by atoms with Crippen LogP contribution >= 0.6 is 22.9 Å². The number of carbonyl (C=O) groups excluding carboxylic acids is 1. The number of nitrogens with zero attached hydrogens (tertiary/aromatic N) is 2. The highest BCUT2D eigenvalue weighted by atomic mass is 35.5. The molecule has 0 amide bonds. The molecule has 0 aliphatic rings. The van der Waals surface area contributed by atoms with Crippen LogP contribution in [0.1, 0.15) is 15.9 Å². The number of ether oxygens (including phenoxy) is 1. The van der Waals surface area contributed by atoms with E-state index in [0.717, 1.165) is 10.2 Å². The van der Waals surface area contributed by atoms with Gasteiger partial charge in [-0.05, 0) is 60.0 Å². The molecule has 2 aromatic heterocycles. The third kappa shape index (κ3) is 3.24. The quantitative estimate of drug-likeness (QED) is 0.456. The van der Waals surface area contributed by atoms with Crippen molar-refractivity contribution in [3.05, 3.63) is 82.5 Å². The van der Waals surface area contributed by atoms with Crippen LogP contribution in [0.25, 0.3) is 10.2 Å². The van der Waals surface area contributed by atoms with Crippen LogP contribution in [-0.2, 0) is 0 Å². The molecule has 0 aliphatic heterocycles. The zero-order valence-corrected chi connectivity index (χ0v) is 14.4. The minimum Gasteiger partial charge on any atom is -0.438 e. The van der Waals surface area contributed by atoms with E-state index in [4.69, 9.17) is 16.3 Å². The topological polar surface area (TPSA) is 52.1 Å². The smallest absolute Gasteiger partial charge is 0.231 e. The van der Waals surface area contributed by atoms with E-state index < -0.39 is 0 Å². The predicted molar refractivity (Wildman–Crippen MR) is 98.8 cm³/mol. The second-order valence-corrected chi connectivity index (χ2v) is 6.61. The summed E-state index contributed by atoms with van der Waals surface area (Å²) in [5.41, 5.74) is 1.17. The molecule has 25 heavy (non-hydrogen) atoms. The maximum atomic E-state index is 12.5. The van der Waals surface area contributed by atoms with Gasteiger partial charge in [0, 0.05) is 16.1 Å². The number of halogens is 1. The lowest BCUT2D eigenvalue weighted by atomic mass is 10.0. The summed E-state index contributed by atoms with van der Waals surface area (Å²) in [6, 6.07) is 15.7. The van der Waals surface area contributed by atoms with Crippen LogP contribution in [0.2, 0.25) is 5.02 Å². The van der Waals surface area contributed by atoms with E-state index in [1.807, 2.05) is 11.4 Å². The van der Waals surface area contributed by atoms with E-state index in [2.05, 4.69) is 9.97 Å². The summed E-state index contributed by atoms with van der Waals surface area (Å²) >= 11 is 7.39. The first-order chi connectivity index (χ1) is 12.2. The van der Waals surface area contributed by atoms with E-state index in [0.29, 0.717) is 27.8 Å². The van der Waals surface area contributed by atoms with Gasteiger partial charge in [-0.2, -0.15) is 0 Å². The van der Waals surface area contributed by atoms with E-state index in [1.165, 1.54) is 17.7 Å². The highest BCUT2D eigenvalue weighted by Gasteiger charge is 2.11. The molecule has 0 spiro atoms. The molecule has 4 aromatic rings. The van der Waals surface area contributed by atoms with E-state index >= 15 is 0 Å². The van der Waals surface area contributed by atoms with Crippen molar-refractivity contribution in [3.63, 3.8) is 0 Å². The van der Waals surface area contributed by atoms with Crippen molar-refractivity contribution in [2.75, 3.05) is 0 Å². The summed E-state index contributed by atoms with van der Waals surface area (Å²) in [5, 5.41) is 3.42. The first-order valence-corrected chi connectivity index (χ1v) is 8.73. The maximum Gasteiger partial charge on any atom is 0.231 e. The fraction of sp³-hybridized carbons (Fsp3) is 0. The SMILES string of the molecule is O=C(c1ccc(Cl)cc1)c1ccc(Oc2ncnc3sccc23)cc1. The van der Waals surface area contributed by atoms with Gasteiger partial charge in [-0.15, -0.1) is 11.3 Å². The molecule has 4 nitrogen and oxygen atoms in total. The van der Waals surface area contributed by atoms with Crippen LogP contribution in [-0.4, -0.2) is 15.8 Å². The van der Waals surface area contributed by atoms with Crippen LogP contribution in [0.3, 0.4) is 0 Å². The molecule has 0 bridgehead atoms. The Bertz CT molecular complexity index is 1040. The Kier molecular flexibility index (Phi) is 4.17. The molecule has 122 valence electrons. The Morgan fingerprint density at radius 3 is 2.32 bits per heavy atom. The van der Waals surface area contributed by atoms with Gasteiger partial charge in [0.2, 0.25) is 5.88 Å². The van der Waals surface area contributed by atoms with Crippen molar-refractivity contribution in [1.82, 2.24) is 9.97 Å². The van der Waals surface area contributed by atoms with Crippen molar-refractivity contribution in [2.24, 2.45) is 0 Å². The van der Waals surface area contributed by atoms with Crippen molar-refractivity contribution >= 4 is 38.9 Å². The number of thiophene rings is 1. The van der Waals surface area contributed by atoms with E-state index in [-0.39, 0.29) is 5.78 Å². The van der Waals surface area contributed by atoms with Gasteiger partial charge in [0.15, 0.2) is 5.78 Å². The Balaban J connectivity index is 1.57. The molecule has 2 aromatic carbocycles. The summed E-state index contributed by atoms with van der Waals surface area (Å²) < 4.78 is 5.83. The van der Waals surface area contributed by atoms with Gasteiger partial charge in [0.1, 0.15) is 16.9 Å². The normalized spacial score (nSPS) is 10.8. The molecule has 0 radical (unpaired) electrons. The fourth-order valence-electron chi connectivity index (χ4n) is 2.40. The zero-order chi connectivity index (χ0) is 17.2. The molecule has 4 rings (SSSR count). The van der Waals surface area contributed by atoms with E-state index in [9.17, 15) is 4.79 Å². The average molecular weight is 367 g/mol. The van der Waals surface area contributed by atoms with Gasteiger partial charge >= 0.3 is 0 Å². The Hall–Kier alpha value is -2.76. The number of ketones is 1. The number of fused-ring (bicyclic) bond motifs is 1.